The Labute approximate surface area is 285 Å². The molecule has 5 heteroatoms. The first-order chi connectivity index (χ1) is 20.1. The molecule has 0 amide bonds. The van der Waals surface area contributed by atoms with Gasteiger partial charge in [-0.05, 0) is 75.5 Å². The van der Waals surface area contributed by atoms with Crippen molar-refractivity contribution in [1.29, 1.82) is 0 Å². The molecule has 0 bridgehead atoms. The van der Waals surface area contributed by atoms with E-state index in [0.717, 1.165) is 0 Å². The number of hydrogen-bond donors (Lipinski definition) is 0. The van der Waals surface area contributed by atoms with Gasteiger partial charge in [0.05, 0.1) is 0 Å². The maximum absolute atomic E-state index is 3.00. The van der Waals surface area contributed by atoms with Gasteiger partial charge in [-0.25, -0.2) is 0 Å². The fraction of sp³-hybridized carbons (Fsp3) is 1.00. The average molecular weight is 791 g/mol. The van der Waals surface area contributed by atoms with E-state index in [9.17, 15) is 0 Å². The number of unbranched alkanes of at least 4 members (excludes halogenated alkanes) is 18. The third-order valence-corrected chi connectivity index (χ3v) is 13.7. The molecule has 0 aromatic heterocycles. The van der Waals surface area contributed by atoms with Gasteiger partial charge >= 0.3 is 39.3 Å². The van der Waals surface area contributed by atoms with E-state index in [1.807, 2.05) is 0 Å². The normalized spacial score (nSPS) is 11.1. The standard InChI is InChI=1S/2C18H39P.2BrH.Ni/c2*1-4-7-10-13-16-19(17-14-11-8-5-2)18-15-12-9-6-3;;;/h2*4-18H2,1-3H3;2*1H;/q;;;;+2/p-2. The monoisotopic (exact) mass is 788 g/mol. The second-order valence-corrected chi connectivity index (χ2v) is 22.4. The van der Waals surface area contributed by atoms with E-state index < -0.39 is 0 Å². The van der Waals surface area contributed by atoms with Crippen molar-refractivity contribution < 1.29 is 10.9 Å². The van der Waals surface area contributed by atoms with E-state index >= 15 is 0 Å². The molecule has 0 saturated heterocycles. The Hall–Kier alpha value is 2.31. The van der Waals surface area contributed by atoms with Crippen molar-refractivity contribution in [2.45, 2.75) is 196 Å². The molecule has 0 aliphatic rings. The van der Waals surface area contributed by atoms with Crippen LogP contribution in [0.1, 0.15) is 196 Å². The molecule has 0 atom stereocenters. The summed E-state index contributed by atoms with van der Waals surface area (Å²) in [7, 11) is 2.03. The van der Waals surface area contributed by atoms with Crippen LogP contribution in [0.4, 0.5) is 0 Å². The van der Waals surface area contributed by atoms with Gasteiger partial charge in [-0.1, -0.05) is 157 Å². The summed E-state index contributed by atoms with van der Waals surface area (Å²) < 4.78 is 0. The van der Waals surface area contributed by atoms with Crippen LogP contribution in [-0.4, -0.2) is 37.0 Å². The number of rotatable bonds is 30. The van der Waals surface area contributed by atoms with E-state index in [1.54, 1.807) is 37.0 Å². The van der Waals surface area contributed by atoms with Crippen LogP contribution in [0.3, 0.4) is 0 Å². The summed E-state index contributed by atoms with van der Waals surface area (Å²) in [5, 5.41) is 0. The topological polar surface area (TPSA) is 0 Å². The molecule has 0 N–H and O–H groups in total. The van der Waals surface area contributed by atoms with Crippen LogP contribution in [0.15, 0.2) is 0 Å². The SMILES string of the molecule is CCCCCCP(CCCCCC)CCCCCC.CCCCCCP(CCCCCC)CCCCCC.[Br][Ni][Br]. The summed E-state index contributed by atoms with van der Waals surface area (Å²) in [4.78, 5) is 0. The van der Waals surface area contributed by atoms with Crippen molar-refractivity contribution in [3.05, 3.63) is 0 Å². The van der Waals surface area contributed by atoms with Crippen LogP contribution in [-0.2, 0) is 10.9 Å². The fourth-order valence-electron chi connectivity index (χ4n) is 5.24. The molecular weight excluding hydrogens is 713 g/mol. The second kappa shape index (κ2) is 46.7. The molecule has 0 aromatic rings. The van der Waals surface area contributed by atoms with Crippen molar-refractivity contribution in [2.24, 2.45) is 0 Å². The molecule has 0 saturated carbocycles. The molecule has 0 rings (SSSR count). The Morgan fingerprint density at radius 2 is 0.439 bits per heavy atom. The fourth-order valence-corrected chi connectivity index (χ4v) is 10.6. The van der Waals surface area contributed by atoms with Gasteiger partial charge in [0, 0.05) is 0 Å². The van der Waals surface area contributed by atoms with Crippen molar-refractivity contribution in [1.82, 2.24) is 0 Å². The Kier molecular flexibility index (Phi) is 54.4. The van der Waals surface area contributed by atoms with Crippen molar-refractivity contribution in [3.63, 3.8) is 0 Å². The molecule has 0 heterocycles. The van der Waals surface area contributed by atoms with Crippen LogP contribution < -0.4 is 0 Å². The summed E-state index contributed by atoms with van der Waals surface area (Å²) in [6, 6.07) is 0. The van der Waals surface area contributed by atoms with Crippen molar-refractivity contribution in [2.75, 3.05) is 37.0 Å². The molecule has 41 heavy (non-hydrogen) atoms. The third kappa shape index (κ3) is 46.8. The Morgan fingerprint density at radius 3 is 0.561 bits per heavy atom. The van der Waals surface area contributed by atoms with Gasteiger partial charge in [0.25, 0.3) is 0 Å². The molecule has 0 spiro atoms. The van der Waals surface area contributed by atoms with Gasteiger partial charge < -0.3 is 0 Å². The van der Waals surface area contributed by atoms with Crippen LogP contribution in [0.2, 0.25) is 0 Å². The zero-order valence-electron chi connectivity index (χ0n) is 29.2. The Balaban J connectivity index is -0.000000642. The molecule has 0 aromatic carbocycles. The quantitative estimate of drug-likeness (QED) is 0.0386. The van der Waals surface area contributed by atoms with Gasteiger partial charge in [0.15, 0.2) is 0 Å². The summed E-state index contributed by atoms with van der Waals surface area (Å²) >= 11 is 6.00. The van der Waals surface area contributed by atoms with E-state index in [4.69, 9.17) is 0 Å². The predicted molar refractivity (Wildman–Crippen MR) is 206 cm³/mol. The van der Waals surface area contributed by atoms with Gasteiger partial charge in [-0.2, -0.15) is 0 Å². The Bertz CT molecular complexity index is 322. The van der Waals surface area contributed by atoms with Crippen LogP contribution in [0.5, 0.6) is 0 Å². The minimum atomic E-state index is 0.389. The first-order valence-corrected chi connectivity index (χ1v) is 27.1. The molecule has 0 unspecified atom stereocenters. The van der Waals surface area contributed by atoms with Crippen LogP contribution in [0, 0.1) is 0 Å². The molecule has 0 fully saturated rings. The molecule has 0 radical (unpaired) electrons. The molecule has 0 nitrogen and oxygen atoms in total. The van der Waals surface area contributed by atoms with E-state index in [2.05, 4.69) is 70.0 Å². The van der Waals surface area contributed by atoms with Gasteiger partial charge in [-0.15, -0.1) is 15.8 Å². The van der Waals surface area contributed by atoms with Crippen molar-refractivity contribution in [3.8, 4) is 0 Å². The van der Waals surface area contributed by atoms with E-state index in [0.29, 0.717) is 15.8 Å². The predicted octanol–water partition coefficient (Wildman–Crippen LogP) is 16.1. The summed E-state index contributed by atoms with van der Waals surface area (Å²) in [6.07, 6.45) is 44.5. The van der Waals surface area contributed by atoms with Gasteiger partial charge in [0.2, 0.25) is 0 Å². The molecule has 256 valence electrons. The van der Waals surface area contributed by atoms with E-state index in [-0.39, 0.29) is 0 Å². The van der Waals surface area contributed by atoms with Gasteiger partial charge in [-0.3, -0.25) is 0 Å². The summed E-state index contributed by atoms with van der Waals surface area (Å²) in [6.45, 7) is 13.9. The maximum atomic E-state index is 3.00. The first kappa shape index (κ1) is 47.7. The summed E-state index contributed by atoms with van der Waals surface area (Å²) in [5.74, 6) is 0. The van der Waals surface area contributed by atoms with Crippen molar-refractivity contribution >= 4 is 44.3 Å². The average Bonchev–Trinajstić information content (AvgIpc) is 2.98. The molecule has 0 aliphatic heterocycles. The Morgan fingerprint density at radius 1 is 0.293 bits per heavy atom. The number of halogens is 2. The third-order valence-electron chi connectivity index (χ3n) is 7.97. The number of hydrogen-bond acceptors (Lipinski definition) is 0. The van der Waals surface area contributed by atoms with Crippen LogP contribution >= 0.6 is 44.3 Å². The zero-order chi connectivity index (χ0) is 31.1. The second-order valence-electron chi connectivity index (χ2n) is 12.1. The van der Waals surface area contributed by atoms with E-state index in [1.165, 1.54) is 165 Å². The molecule has 0 aliphatic carbocycles. The minimum absolute atomic E-state index is 0.389. The van der Waals surface area contributed by atoms with Gasteiger partial charge in [0.1, 0.15) is 0 Å². The van der Waals surface area contributed by atoms with Crippen LogP contribution in [0.25, 0.3) is 0 Å². The zero-order valence-corrected chi connectivity index (χ0v) is 35.1. The first-order valence-electron chi connectivity index (χ1n) is 18.4. The molecular formula is C36H78Br2NiP2. The summed E-state index contributed by atoms with van der Waals surface area (Å²) in [5.41, 5.74) is 0.